The zero-order valence-corrected chi connectivity index (χ0v) is 19.4. The highest BCUT2D eigenvalue weighted by atomic mass is 16.5. The summed E-state index contributed by atoms with van der Waals surface area (Å²) in [4.78, 5) is 4.38. The number of benzene rings is 2. The van der Waals surface area contributed by atoms with Crippen LogP contribution in [0.1, 0.15) is 37.5 Å². The zero-order chi connectivity index (χ0) is 22.1. The van der Waals surface area contributed by atoms with Gasteiger partial charge < -0.3 is 19.5 Å². The molecule has 0 aliphatic heterocycles. The van der Waals surface area contributed by atoms with Crippen molar-refractivity contribution in [2.45, 2.75) is 52.4 Å². The number of likely N-dealkylation sites (N-methyl/N-ethyl adjacent to an activating group) is 1. The molecule has 0 aliphatic carbocycles. The van der Waals surface area contributed by atoms with Gasteiger partial charge in [-0.2, -0.15) is 0 Å². The second kappa shape index (κ2) is 11.9. The number of ether oxygens (including phenoxy) is 2. The van der Waals surface area contributed by atoms with Crippen molar-refractivity contribution in [1.82, 2.24) is 9.80 Å². The molecule has 5 heteroatoms. The molecule has 1 N–H and O–H groups in total. The van der Waals surface area contributed by atoms with E-state index in [2.05, 4.69) is 68.0 Å². The fourth-order valence-electron chi connectivity index (χ4n) is 3.27. The van der Waals surface area contributed by atoms with E-state index in [1.165, 1.54) is 11.1 Å². The van der Waals surface area contributed by atoms with E-state index in [1.807, 2.05) is 19.2 Å². The SMILES string of the molecule is CCc1ccc(CN(C)Cc2ccc(OC)c(OCC(O)CN(C)C(C)C)c2)cc1. The van der Waals surface area contributed by atoms with E-state index < -0.39 is 6.10 Å². The lowest BCUT2D eigenvalue weighted by Crippen LogP contribution is -2.37. The number of methoxy groups -OCH3 is 1. The van der Waals surface area contributed by atoms with Crippen molar-refractivity contribution in [1.29, 1.82) is 0 Å². The summed E-state index contributed by atoms with van der Waals surface area (Å²) in [6.45, 7) is 8.87. The molecule has 0 amide bonds. The van der Waals surface area contributed by atoms with Crippen molar-refractivity contribution < 1.29 is 14.6 Å². The quantitative estimate of drug-likeness (QED) is 0.569. The van der Waals surface area contributed by atoms with Gasteiger partial charge in [-0.1, -0.05) is 37.3 Å². The van der Waals surface area contributed by atoms with Crippen molar-refractivity contribution in [3.8, 4) is 11.5 Å². The predicted octanol–water partition coefficient (Wildman–Crippen LogP) is 3.97. The number of hydrogen-bond donors (Lipinski definition) is 1. The number of aliphatic hydroxyl groups excluding tert-OH is 1. The van der Waals surface area contributed by atoms with E-state index in [-0.39, 0.29) is 6.61 Å². The molecule has 2 rings (SSSR count). The third-order valence-electron chi connectivity index (χ3n) is 5.38. The Labute approximate surface area is 182 Å². The largest absolute Gasteiger partial charge is 0.493 e. The zero-order valence-electron chi connectivity index (χ0n) is 19.4. The highest BCUT2D eigenvalue weighted by Gasteiger charge is 2.14. The summed E-state index contributed by atoms with van der Waals surface area (Å²) in [7, 11) is 5.75. The topological polar surface area (TPSA) is 45.2 Å². The lowest BCUT2D eigenvalue weighted by molar-refractivity contribution is 0.0668. The number of aliphatic hydroxyl groups is 1. The first kappa shape index (κ1) is 24.2. The van der Waals surface area contributed by atoms with E-state index in [4.69, 9.17) is 9.47 Å². The maximum Gasteiger partial charge on any atom is 0.161 e. The predicted molar refractivity (Wildman–Crippen MR) is 123 cm³/mol. The standard InChI is InChI=1S/C25H38N2O3/c1-7-20-8-10-21(11-9-20)15-26(4)16-22-12-13-24(29-6)25(14-22)30-18-23(28)17-27(5)19(2)3/h8-14,19,23,28H,7,15-18H2,1-6H3. The molecule has 0 saturated heterocycles. The van der Waals surface area contributed by atoms with Crippen molar-refractivity contribution in [2.75, 3.05) is 34.4 Å². The van der Waals surface area contributed by atoms with Crippen molar-refractivity contribution >= 4 is 0 Å². The van der Waals surface area contributed by atoms with Crippen LogP contribution in [0.3, 0.4) is 0 Å². The molecule has 2 aromatic rings. The van der Waals surface area contributed by atoms with Crippen LogP contribution in [0.25, 0.3) is 0 Å². The van der Waals surface area contributed by atoms with Gasteiger partial charge in [0.2, 0.25) is 0 Å². The first-order valence-corrected chi connectivity index (χ1v) is 10.8. The molecule has 0 aromatic heterocycles. The van der Waals surface area contributed by atoms with E-state index >= 15 is 0 Å². The summed E-state index contributed by atoms with van der Waals surface area (Å²) in [6, 6.07) is 15.2. The van der Waals surface area contributed by atoms with Crippen LogP contribution in [0.15, 0.2) is 42.5 Å². The van der Waals surface area contributed by atoms with E-state index in [9.17, 15) is 5.11 Å². The molecule has 0 heterocycles. The van der Waals surface area contributed by atoms with Gasteiger partial charge in [0.15, 0.2) is 11.5 Å². The fourth-order valence-corrected chi connectivity index (χ4v) is 3.27. The summed E-state index contributed by atoms with van der Waals surface area (Å²) in [5.41, 5.74) is 3.81. The molecule has 0 bridgehead atoms. The Hall–Kier alpha value is -2.08. The fraction of sp³-hybridized carbons (Fsp3) is 0.520. The summed E-state index contributed by atoms with van der Waals surface area (Å²) in [6.07, 6.45) is 0.507. The summed E-state index contributed by atoms with van der Waals surface area (Å²) >= 11 is 0. The van der Waals surface area contributed by atoms with Gasteiger partial charge in [0.25, 0.3) is 0 Å². The van der Waals surface area contributed by atoms with Crippen molar-refractivity contribution in [3.63, 3.8) is 0 Å². The Morgan fingerprint density at radius 1 is 0.900 bits per heavy atom. The van der Waals surface area contributed by atoms with Gasteiger partial charge in [0.05, 0.1) is 7.11 Å². The number of rotatable bonds is 12. The minimum Gasteiger partial charge on any atom is -0.493 e. The third-order valence-corrected chi connectivity index (χ3v) is 5.38. The van der Waals surface area contributed by atoms with Crippen LogP contribution < -0.4 is 9.47 Å². The monoisotopic (exact) mass is 414 g/mol. The Morgan fingerprint density at radius 3 is 2.10 bits per heavy atom. The molecule has 0 aliphatic rings. The van der Waals surface area contributed by atoms with Crippen LogP contribution in [0.5, 0.6) is 11.5 Å². The van der Waals surface area contributed by atoms with E-state index in [0.29, 0.717) is 24.1 Å². The molecule has 1 unspecified atom stereocenters. The first-order valence-electron chi connectivity index (χ1n) is 10.8. The molecular formula is C25H38N2O3. The molecule has 0 spiro atoms. The van der Waals surface area contributed by atoms with Crippen LogP contribution in [0.2, 0.25) is 0 Å². The average Bonchev–Trinajstić information content (AvgIpc) is 2.72. The van der Waals surface area contributed by atoms with Gasteiger partial charge in [-0.3, -0.25) is 4.90 Å². The van der Waals surface area contributed by atoms with Gasteiger partial charge in [-0.05, 0) is 63.2 Å². The minimum atomic E-state index is -0.556. The highest BCUT2D eigenvalue weighted by Crippen LogP contribution is 2.29. The molecule has 5 nitrogen and oxygen atoms in total. The van der Waals surface area contributed by atoms with Crippen LogP contribution in [-0.4, -0.2) is 61.4 Å². The smallest absolute Gasteiger partial charge is 0.161 e. The highest BCUT2D eigenvalue weighted by molar-refractivity contribution is 5.43. The van der Waals surface area contributed by atoms with Gasteiger partial charge in [0.1, 0.15) is 12.7 Å². The summed E-state index contributed by atoms with van der Waals surface area (Å²) in [5, 5.41) is 10.3. The van der Waals surface area contributed by atoms with Crippen LogP contribution in [0, 0.1) is 0 Å². The van der Waals surface area contributed by atoms with Crippen LogP contribution in [-0.2, 0) is 19.5 Å². The normalized spacial score (nSPS) is 12.6. The number of aryl methyl sites for hydroxylation is 1. The van der Waals surface area contributed by atoms with Gasteiger partial charge in [-0.15, -0.1) is 0 Å². The molecule has 0 fully saturated rings. The number of hydrogen-bond acceptors (Lipinski definition) is 5. The van der Waals surface area contributed by atoms with Gasteiger partial charge in [0, 0.05) is 25.7 Å². The van der Waals surface area contributed by atoms with Gasteiger partial charge in [-0.25, -0.2) is 0 Å². The van der Waals surface area contributed by atoms with E-state index in [1.54, 1.807) is 7.11 Å². The molecule has 0 saturated carbocycles. The molecule has 30 heavy (non-hydrogen) atoms. The van der Waals surface area contributed by atoms with Gasteiger partial charge >= 0.3 is 0 Å². The Morgan fingerprint density at radius 2 is 1.50 bits per heavy atom. The minimum absolute atomic E-state index is 0.233. The Bertz CT molecular complexity index is 761. The molecule has 0 radical (unpaired) electrons. The maximum absolute atomic E-state index is 10.3. The molecule has 2 aromatic carbocycles. The molecule has 166 valence electrons. The third kappa shape index (κ3) is 7.63. The summed E-state index contributed by atoms with van der Waals surface area (Å²) < 4.78 is 11.4. The lowest BCUT2D eigenvalue weighted by atomic mass is 10.1. The van der Waals surface area contributed by atoms with Crippen molar-refractivity contribution in [3.05, 3.63) is 59.2 Å². The Balaban J connectivity index is 1.96. The van der Waals surface area contributed by atoms with Crippen LogP contribution >= 0.6 is 0 Å². The number of nitrogens with zero attached hydrogens (tertiary/aromatic N) is 2. The molecular weight excluding hydrogens is 376 g/mol. The lowest BCUT2D eigenvalue weighted by Gasteiger charge is -2.24. The van der Waals surface area contributed by atoms with Crippen molar-refractivity contribution in [2.24, 2.45) is 0 Å². The second-order valence-corrected chi connectivity index (χ2v) is 8.33. The molecule has 1 atom stereocenters. The average molecular weight is 415 g/mol. The van der Waals surface area contributed by atoms with Crippen LogP contribution in [0.4, 0.5) is 0 Å². The van der Waals surface area contributed by atoms with E-state index in [0.717, 1.165) is 25.1 Å². The Kier molecular flexibility index (Phi) is 9.63. The maximum atomic E-state index is 10.3. The first-order chi connectivity index (χ1) is 14.3. The second-order valence-electron chi connectivity index (χ2n) is 8.33. The summed E-state index contributed by atoms with van der Waals surface area (Å²) in [5.74, 6) is 1.35.